The molecule has 0 saturated carbocycles. The normalized spacial score (nSPS) is 11.2. The Bertz CT molecular complexity index is 471. The fourth-order valence-electron chi connectivity index (χ4n) is 1.49. The maximum absolute atomic E-state index is 11.5. The zero-order valence-corrected chi connectivity index (χ0v) is 10.4. The Labute approximate surface area is 95.9 Å². The van der Waals surface area contributed by atoms with Crippen LogP contribution < -0.4 is 14.8 Å². The van der Waals surface area contributed by atoms with Gasteiger partial charge in [0.15, 0.2) is 0 Å². The van der Waals surface area contributed by atoms with Gasteiger partial charge in [-0.1, -0.05) is 0 Å². The number of nitrogen functional groups attached to an aromatic ring is 1. The SMILES string of the molecule is CCN(c1ccc(OC)c(N)c1)S(C)(=O)=O. The topological polar surface area (TPSA) is 72.6 Å². The number of nitrogens with zero attached hydrogens (tertiary/aromatic N) is 1. The Morgan fingerprint density at radius 1 is 1.44 bits per heavy atom. The number of hydrogen-bond acceptors (Lipinski definition) is 4. The van der Waals surface area contributed by atoms with Crippen molar-refractivity contribution in [3.63, 3.8) is 0 Å². The second-order valence-electron chi connectivity index (χ2n) is 3.35. The van der Waals surface area contributed by atoms with Crippen molar-refractivity contribution in [3.05, 3.63) is 18.2 Å². The lowest BCUT2D eigenvalue weighted by Crippen LogP contribution is -2.29. The first kappa shape index (κ1) is 12.6. The number of benzene rings is 1. The molecule has 0 amide bonds. The van der Waals surface area contributed by atoms with Gasteiger partial charge in [-0.3, -0.25) is 4.31 Å². The molecule has 0 radical (unpaired) electrons. The van der Waals surface area contributed by atoms with Gasteiger partial charge in [0.1, 0.15) is 5.75 Å². The molecule has 1 aromatic rings. The molecule has 0 spiro atoms. The van der Waals surface area contributed by atoms with Gasteiger partial charge in [-0.15, -0.1) is 0 Å². The maximum Gasteiger partial charge on any atom is 0.232 e. The van der Waals surface area contributed by atoms with Crippen LogP contribution in [0.25, 0.3) is 0 Å². The Morgan fingerprint density at radius 2 is 2.06 bits per heavy atom. The Kier molecular flexibility index (Phi) is 3.64. The highest BCUT2D eigenvalue weighted by molar-refractivity contribution is 7.92. The molecule has 5 nitrogen and oxygen atoms in total. The molecule has 0 atom stereocenters. The summed E-state index contributed by atoms with van der Waals surface area (Å²) in [6.07, 6.45) is 1.16. The highest BCUT2D eigenvalue weighted by Crippen LogP contribution is 2.27. The molecule has 0 saturated heterocycles. The summed E-state index contributed by atoms with van der Waals surface area (Å²) >= 11 is 0. The zero-order valence-electron chi connectivity index (χ0n) is 9.60. The molecule has 0 unspecified atom stereocenters. The molecule has 1 aromatic carbocycles. The molecular formula is C10H16N2O3S. The van der Waals surface area contributed by atoms with Gasteiger partial charge in [0.2, 0.25) is 10.0 Å². The lowest BCUT2D eigenvalue weighted by molar-refractivity contribution is 0.417. The van der Waals surface area contributed by atoms with E-state index in [1.165, 1.54) is 11.4 Å². The van der Waals surface area contributed by atoms with Gasteiger partial charge in [-0.05, 0) is 25.1 Å². The van der Waals surface area contributed by atoms with Crippen LogP contribution in [0.15, 0.2) is 18.2 Å². The summed E-state index contributed by atoms with van der Waals surface area (Å²) in [5.41, 5.74) is 6.68. The number of sulfonamides is 1. The number of ether oxygens (including phenoxy) is 1. The third-order valence-corrected chi connectivity index (χ3v) is 3.46. The Hall–Kier alpha value is -1.43. The van der Waals surface area contributed by atoms with Crippen LogP contribution in [0, 0.1) is 0 Å². The molecule has 0 aliphatic heterocycles. The van der Waals surface area contributed by atoms with Crippen LogP contribution in [-0.2, 0) is 10.0 Å². The molecule has 0 aliphatic rings. The minimum atomic E-state index is -3.27. The molecule has 1 rings (SSSR count). The molecule has 0 aromatic heterocycles. The number of nitrogens with two attached hydrogens (primary N) is 1. The van der Waals surface area contributed by atoms with E-state index in [1.807, 2.05) is 0 Å². The third kappa shape index (κ3) is 2.57. The van der Waals surface area contributed by atoms with Gasteiger partial charge < -0.3 is 10.5 Å². The second-order valence-corrected chi connectivity index (χ2v) is 5.26. The monoisotopic (exact) mass is 244 g/mol. The summed E-state index contributed by atoms with van der Waals surface area (Å²) in [6.45, 7) is 2.13. The lowest BCUT2D eigenvalue weighted by Gasteiger charge is -2.21. The van der Waals surface area contributed by atoms with E-state index < -0.39 is 10.0 Å². The van der Waals surface area contributed by atoms with Gasteiger partial charge in [0.05, 0.1) is 24.7 Å². The first-order chi connectivity index (χ1) is 7.40. The van der Waals surface area contributed by atoms with Crippen LogP contribution in [0.1, 0.15) is 6.92 Å². The van der Waals surface area contributed by atoms with E-state index in [1.54, 1.807) is 25.1 Å². The lowest BCUT2D eigenvalue weighted by atomic mass is 10.2. The molecule has 6 heteroatoms. The van der Waals surface area contributed by atoms with Crippen molar-refractivity contribution < 1.29 is 13.2 Å². The first-order valence-corrected chi connectivity index (χ1v) is 6.66. The standard InChI is InChI=1S/C10H16N2O3S/c1-4-12(16(3,13)14)8-5-6-10(15-2)9(11)7-8/h5-7H,4,11H2,1-3H3. The summed E-state index contributed by atoms with van der Waals surface area (Å²) in [5.74, 6) is 0.535. The number of methoxy groups -OCH3 is 1. The van der Waals surface area contributed by atoms with Gasteiger partial charge in [-0.2, -0.15) is 0 Å². The predicted octanol–water partition coefficient (Wildman–Crippen LogP) is 1.06. The van der Waals surface area contributed by atoms with Crippen molar-refractivity contribution in [2.24, 2.45) is 0 Å². The van der Waals surface area contributed by atoms with E-state index in [4.69, 9.17) is 10.5 Å². The zero-order chi connectivity index (χ0) is 12.3. The van der Waals surface area contributed by atoms with Crippen molar-refractivity contribution in [1.29, 1.82) is 0 Å². The number of hydrogen-bond donors (Lipinski definition) is 1. The number of anilines is 2. The Morgan fingerprint density at radius 3 is 2.44 bits per heavy atom. The van der Waals surface area contributed by atoms with Crippen LogP contribution in [-0.4, -0.2) is 28.3 Å². The van der Waals surface area contributed by atoms with Crippen molar-refractivity contribution in [2.75, 3.05) is 29.9 Å². The van der Waals surface area contributed by atoms with E-state index in [2.05, 4.69) is 0 Å². The summed E-state index contributed by atoms with van der Waals surface area (Å²) in [6, 6.07) is 4.90. The van der Waals surface area contributed by atoms with Gasteiger partial charge in [0.25, 0.3) is 0 Å². The van der Waals surface area contributed by atoms with Crippen molar-refractivity contribution in [3.8, 4) is 5.75 Å². The molecule has 0 bridgehead atoms. The molecule has 0 fully saturated rings. The van der Waals surface area contributed by atoms with Crippen LogP contribution >= 0.6 is 0 Å². The predicted molar refractivity (Wildman–Crippen MR) is 65.3 cm³/mol. The molecule has 16 heavy (non-hydrogen) atoms. The van der Waals surface area contributed by atoms with Crippen LogP contribution in [0.2, 0.25) is 0 Å². The summed E-state index contributed by atoms with van der Waals surface area (Å²) in [7, 11) is -1.75. The fraction of sp³-hybridized carbons (Fsp3) is 0.400. The van der Waals surface area contributed by atoms with Gasteiger partial charge in [0, 0.05) is 6.54 Å². The minimum Gasteiger partial charge on any atom is -0.495 e. The average molecular weight is 244 g/mol. The van der Waals surface area contributed by atoms with Gasteiger partial charge in [-0.25, -0.2) is 8.42 Å². The van der Waals surface area contributed by atoms with Crippen LogP contribution in [0.5, 0.6) is 5.75 Å². The summed E-state index contributed by atoms with van der Waals surface area (Å²) < 4.78 is 29.3. The largest absolute Gasteiger partial charge is 0.495 e. The van der Waals surface area contributed by atoms with Crippen molar-refractivity contribution in [1.82, 2.24) is 0 Å². The second kappa shape index (κ2) is 4.61. The average Bonchev–Trinajstić information content (AvgIpc) is 2.17. The Balaban J connectivity index is 3.18. The maximum atomic E-state index is 11.5. The number of rotatable bonds is 4. The van der Waals surface area contributed by atoms with Crippen molar-refractivity contribution >= 4 is 21.4 Å². The van der Waals surface area contributed by atoms with E-state index in [0.29, 0.717) is 23.7 Å². The highest BCUT2D eigenvalue weighted by Gasteiger charge is 2.16. The van der Waals surface area contributed by atoms with E-state index in [0.717, 1.165) is 6.26 Å². The van der Waals surface area contributed by atoms with E-state index >= 15 is 0 Å². The fourth-order valence-corrected chi connectivity index (χ4v) is 2.45. The molecule has 90 valence electrons. The highest BCUT2D eigenvalue weighted by atomic mass is 32.2. The molecular weight excluding hydrogens is 228 g/mol. The summed E-state index contributed by atoms with van der Waals surface area (Å²) in [5, 5.41) is 0. The summed E-state index contributed by atoms with van der Waals surface area (Å²) in [4.78, 5) is 0. The van der Waals surface area contributed by atoms with Crippen LogP contribution in [0.4, 0.5) is 11.4 Å². The minimum absolute atomic E-state index is 0.366. The van der Waals surface area contributed by atoms with Crippen molar-refractivity contribution in [2.45, 2.75) is 6.92 Å². The quantitative estimate of drug-likeness (QED) is 0.804. The van der Waals surface area contributed by atoms with Gasteiger partial charge >= 0.3 is 0 Å². The first-order valence-electron chi connectivity index (χ1n) is 4.81. The third-order valence-electron chi connectivity index (χ3n) is 2.19. The molecule has 0 aliphatic carbocycles. The molecule has 2 N–H and O–H groups in total. The molecule has 0 heterocycles. The van der Waals surface area contributed by atoms with E-state index in [9.17, 15) is 8.42 Å². The smallest absolute Gasteiger partial charge is 0.232 e. The van der Waals surface area contributed by atoms with Crippen LogP contribution in [0.3, 0.4) is 0 Å². The van der Waals surface area contributed by atoms with E-state index in [-0.39, 0.29) is 0 Å².